The Balaban J connectivity index is 1.43. The molecule has 1 saturated heterocycles. The highest BCUT2D eigenvalue weighted by molar-refractivity contribution is 5.78. The van der Waals surface area contributed by atoms with Gasteiger partial charge in [-0.25, -0.2) is 4.98 Å². The predicted molar refractivity (Wildman–Crippen MR) is 104 cm³/mol. The molecule has 1 aromatic rings. The second-order valence-electron chi connectivity index (χ2n) is 8.55. The zero-order valence-corrected chi connectivity index (χ0v) is 16.7. The highest BCUT2D eigenvalue weighted by Crippen LogP contribution is 2.56. The van der Waals surface area contributed by atoms with Crippen molar-refractivity contribution in [1.82, 2.24) is 19.8 Å². The molecular formula is C21H34N4O2. The summed E-state index contributed by atoms with van der Waals surface area (Å²) in [6.07, 6.45) is 13.6. The quantitative estimate of drug-likeness (QED) is 0.797. The lowest BCUT2D eigenvalue weighted by Crippen LogP contribution is -2.41. The van der Waals surface area contributed by atoms with Gasteiger partial charge >= 0.3 is 0 Å². The number of hydrogen-bond acceptors (Lipinski definition) is 4. The highest BCUT2D eigenvalue weighted by atomic mass is 16.5. The maximum atomic E-state index is 13.2. The van der Waals surface area contributed by atoms with Crippen molar-refractivity contribution in [3.8, 4) is 0 Å². The molecule has 3 aliphatic rings. The summed E-state index contributed by atoms with van der Waals surface area (Å²) in [6.45, 7) is 5.97. The van der Waals surface area contributed by atoms with Crippen LogP contribution in [0, 0.1) is 5.41 Å². The van der Waals surface area contributed by atoms with Crippen LogP contribution in [0.1, 0.15) is 64.1 Å². The third kappa shape index (κ3) is 4.21. The van der Waals surface area contributed by atoms with Gasteiger partial charge in [-0.05, 0) is 57.5 Å². The Hall–Kier alpha value is -1.40. The van der Waals surface area contributed by atoms with E-state index in [-0.39, 0.29) is 18.6 Å². The van der Waals surface area contributed by atoms with E-state index < -0.39 is 0 Å². The first kappa shape index (κ1) is 18.9. The lowest BCUT2D eigenvalue weighted by atomic mass is 9.93. The van der Waals surface area contributed by atoms with Gasteiger partial charge < -0.3 is 19.5 Å². The second-order valence-corrected chi connectivity index (χ2v) is 8.55. The van der Waals surface area contributed by atoms with E-state index in [0.29, 0.717) is 18.0 Å². The predicted octanol–water partition coefficient (Wildman–Crippen LogP) is 2.72. The molecule has 2 saturated carbocycles. The van der Waals surface area contributed by atoms with Crippen LogP contribution in [0.2, 0.25) is 0 Å². The van der Waals surface area contributed by atoms with Gasteiger partial charge in [-0.15, -0.1) is 0 Å². The second kappa shape index (κ2) is 8.31. The van der Waals surface area contributed by atoms with Crippen molar-refractivity contribution in [2.24, 2.45) is 5.41 Å². The van der Waals surface area contributed by atoms with E-state index in [2.05, 4.69) is 26.7 Å². The molecule has 4 rings (SSSR count). The van der Waals surface area contributed by atoms with Gasteiger partial charge in [0.25, 0.3) is 0 Å². The van der Waals surface area contributed by atoms with E-state index in [4.69, 9.17) is 4.74 Å². The number of amides is 1. The summed E-state index contributed by atoms with van der Waals surface area (Å²) in [5, 5.41) is 3.46. The molecule has 1 aliphatic heterocycles. The minimum Gasteiger partial charge on any atom is -0.368 e. The standard InChI is InChI=1S/C21H34N4O2/c1-2-24-13-12-23-19(24)15-25(18-14-21(18)8-10-22-11-9-21)20(26)16-27-17-6-4-3-5-7-17/h12-13,17-18,22H,2-11,14-16H2,1H3. The molecular weight excluding hydrogens is 340 g/mol. The monoisotopic (exact) mass is 374 g/mol. The highest BCUT2D eigenvalue weighted by Gasteiger charge is 2.57. The number of piperidine rings is 1. The number of aryl methyl sites for hydroxylation is 1. The van der Waals surface area contributed by atoms with E-state index >= 15 is 0 Å². The van der Waals surface area contributed by atoms with Crippen LogP contribution < -0.4 is 5.32 Å². The molecule has 1 aromatic heterocycles. The minimum atomic E-state index is 0.145. The lowest BCUT2D eigenvalue weighted by molar-refractivity contribution is -0.141. The van der Waals surface area contributed by atoms with Crippen LogP contribution in [-0.2, 0) is 22.6 Å². The van der Waals surface area contributed by atoms with Crippen molar-refractivity contribution in [2.45, 2.75) is 83.5 Å². The average molecular weight is 375 g/mol. The van der Waals surface area contributed by atoms with Crippen molar-refractivity contribution in [3.63, 3.8) is 0 Å². The Bertz CT molecular complexity index is 632. The topological polar surface area (TPSA) is 59.4 Å². The number of nitrogens with one attached hydrogen (secondary N) is 1. The SMILES string of the molecule is CCn1ccnc1CN(C(=O)COC1CCCCC1)C1CC12CCNCC2. The van der Waals surface area contributed by atoms with Crippen LogP contribution in [0.5, 0.6) is 0 Å². The van der Waals surface area contributed by atoms with Gasteiger partial charge in [0, 0.05) is 25.0 Å². The molecule has 1 spiro atoms. The summed E-state index contributed by atoms with van der Waals surface area (Å²) in [5.74, 6) is 1.13. The maximum Gasteiger partial charge on any atom is 0.249 e. The molecule has 0 bridgehead atoms. The first-order chi connectivity index (χ1) is 13.2. The van der Waals surface area contributed by atoms with Gasteiger partial charge in [0.2, 0.25) is 5.91 Å². The molecule has 27 heavy (non-hydrogen) atoms. The fourth-order valence-corrected chi connectivity index (χ4v) is 5.04. The van der Waals surface area contributed by atoms with Gasteiger partial charge in [0.1, 0.15) is 12.4 Å². The zero-order valence-electron chi connectivity index (χ0n) is 16.7. The summed E-state index contributed by atoms with van der Waals surface area (Å²) >= 11 is 0. The molecule has 6 nitrogen and oxygen atoms in total. The summed E-state index contributed by atoms with van der Waals surface area (Å²) in [4.78, 5) is 19.8. The molecule has 1 unspecified atom stereocenters. The Kier molecular flexibility index (Phi) is 5.83. The van der Waals surface area contributed by atoms with Crippen molar-refractivity contribution in [1.29, 1.82) is 0 Å². The number of imidazole rings is 1. The molecule has 0 radical (unpaired) electrons. The van der Waals surface area contributed by atoms with Gasteiger partial charge in [-0.1, -0.05) is 19.3 Å². The van der Waals surface area contributed by atoms with E-state index in [1.807, 2.05) is 12.4 Å². The fourth-order valence-electron chi connectivity index (χ4n) is 5.04. The number of carbonyl (C=O) groups is 1. The van der Waals surface area contributed by atoms with Crippen LogP contribution in [0.3, 0.4) is 0 Å². The van der Waals surface area contributed by atoms with Crippen molar-refractivity contribution in [3.05, 3.63) is 18.2 Å². The third-order valence-electron chi connectivity index (χ3n) is 6.89. The van der Waals surface area contributed by atoms with Gasteiger partial charge in [0.05, 0.1) is 12.6 Å². The smallest absolute Gasteiger partial charge is 0.249 e. The lowest BCUT2D eigenvalue weighted by Gasteiger charge is -2.30. The molecule has 3 fully saturated rings. The van der Waals surface area contributed by atoms with Crippen LogP contribution in [0.25, 0.3) is 0 Å². The summed E-state index contributed by atoms with van der Waals surface area (Å²) in [7, 11) is 0. The van der Waals surface area contributed by atoms with E-state index in [1.54, 1.807) is 0 Å². The van der Waals surface area contributed by atoms with Crippen molar-refractivity contribution >= 4 is 5.91 Å². The van der Waals surface area contributed by atoms with Gasteiger partial charge in [-0.2, -0.15) is 0 Å². The Morgan fingerprint density at radius 1 is 1.33 bits per heavy atom. The normalized spacial score (nSPS) is 24.9. The van der Waals surface area contributed by atoms with E-state index in [9.17, 15) is 4.79 Å². The zero-order chi connectivity index (χ0) is 18.7. The first-order valence-corrected chi connectivity index (χ1v) is 10.8. The van der Waals surface area contributed by atoms with Gasteiger partial charge in [-0.3, -0.25) is 4.79 Å². The Morgan fingerprint density at radius 2 is 2.11 bits per heavy atom. The van der Waals surface area contributed by atoms with Crippen LogP contribution in [-0.4, -0.2) is 52.2 Å². The fraction of sp³-hybridized carbons (Fsp3) is 0.810. The number of nitrogens with zero attached hydrogens (tertiary/aromatic N) is 3. The molecule has 1 amide bonds. The van der Waals surface area contributed by atoms with Crippen molar-refractivity contribution in [2.75, 3.05) is 19.7 Å². The minimum absolute atomic E-state index is 0.145. The Labute approximate surface area is 162 Å². The van der Waals surface area contributed by atoms with E-state index in [0.717, 1.165) is 44.7 Å². The largest absolute Gasteiger partial charge is 0.368 e. The number of aromatic nitrogens is 2. The van der Waals surface area contributed by atoms with Crippen LogP contribution in [0.15, 0.2) is 12.4 Å². The third-order valence-corrected chi connectivity index (χ3v) is 6.89. The molecule has 2 heterocycles. The van der Waals surface area contributed by atoms with E-state index in [1.165, 1.54) is 32.1 Å². The molecule has 150 valence electrons. The summed E-state index contributed by atoms with van der Waals surface area (Å²) in [6, 6.07) is 0.351. The van der Waals surface area contributed by atoms with Crippen LogP contribution in [0.4, 0.5) is 0 Å². The molecule has 6 heteroatoms. The maximum absolute atomic E-state index is 13.2. The molecule has 1 N–H and O–H groups in total. The molecule has 1 atom stereocenters. The number of hydrogen-bond donors (Lipinski definition) is 1. The van der Waals surface area contributed by atoms with Gasteiger partial charge in [0.15, 0.2) is 0 Å². The summed E-state index contributed by atoms with van der Waals surface area (Å²) < 4.78 is 8.16. The Morgan fingerprint density at radius 3 is 2.85 bits per heavy atom. The average Bonchev–Trinajstić information content (AvgIpc) is 3.18. The molecule has 0 aromatic carbocycles. The number of rotatable bonds is 7. The molecule has 2 aliphatic carbocycles. The summed E-state index contributed by atoms with van der Waals surface area (Å²) in [5.41, 5.74) is 0.329. The van der Waals surface area contributed by atoms with Crippen LogP contribution >= 0.6 is 0 Å². The number of carbonyl (C=O) groups excluding carboxylic acids is 1. The first-order valence-electron chi connectivity index (χ1n) is 10.8. The number of ether oxygens (including phenoxy) is 1. The van der Waals surface area contributed by atoms with Crippen molar-refractivity contribution < 1.29 is 9.53 Å².